The number of aromatic amines is 1. The Morgan fingerprint density at radius 3 is 3.10 bits per heavy atom. The number of urea groups is 1. The van der Waals surface area contributed by atoms with Gasteiger partial charge in [0.15, 0.2) is 0 Å². The maximum Gasteiger partial charge on any atom is 0.314 e. The van der Waals surface area contributed by atoms with Gasteiger partial charge >= 0.3 is 6.03 Å². The number of primary amides is 1. The summed E-state index contributed by atoms with van der Waals surface area (Å²) >= 11 is 0. The summed E-state index contributed by atoms with van der Waals surface area (Å²) in [4.78, 5) is 31.8. The molecule has 1 aromatic rings. The minimum atomic E-state index is -0.444. The molecular formula is C13H21N5O2. The van der Waals surface area contributed by atoms with Crippen LogP contribution in [0.3, 0.4) is 0 Å². The zero-order chi connectivity index (χ0) is 14.4. The minimum absolute atomic E-state index is 0.00962. The third kappa shape index (κ3) is 3.97. The first kappa shape index (κ1) is 14.4. The molecule has 0 saturated carbocycles. The van der Waals surface area contributed by atoms with E-state index >= 15 is 0 Å². The Hall–Kier alpha value is -2.05. The molecule has 1 unspecified atom stereocenters. The molecule has 1 fully saturated rings. The Morgan fingerprint density at radius 1 is 1.55 bits per heavy atom. The molecule has 20 heavy (non-hydrogen) atoms. The molecule has 1 aliphatic rings. The second-order valence-electron chi connectivity index (χ2n) is 5.05. The summed E-state index contributed by atoms with van der Waals surface area (Å²) < 4.78 is 0. The van der Waals surface area contributed by atoms with Crippen molar-refractivity contribution >= 4 is 11.9 Å². The highest BCUT2D eigenvalue weighted by atomic mass is 16.2. The standard InChI is InChI=1S/C13H21N5O2/c14-13(20)18-8-2-3-10(9-18)12(19)17-5-1-4-11-15-6-7-16-11/h6-7,10H,1-5,8-9H2,(H2,14,20)(H,15,16)(H,17,19). The van der Waals surface area contributed by atoms with Crippen LogP contribution in [0.4, 0.5) is 4.79 Å². The number of imidazole rings is 1. The molecular weight excluding hydrogens is 258 g/mol. The van der Waals surface area contributed by atoms with Crippen LogP contribution in [0.1, 0.15) is 25.1 Å². The van der Waals surface area contributed by atoms with Crippen LogP contribution < -0.4 is 11.1 Å². The molecule has 1 atom stereocenters. The van der Waals surface area contributed by atoms with Gasteiger partial charge in [-0.15, -0.1) is 0 Å². The first-order valence-corrected chi connectivity index (χ1v) is 6.97. The summed E-state index contributed by atoms with van der Waals surface area (Å²) in [7, 11) is 0. The number of likely N-dealkylation sites (tertiary alicyclic amines) is 1. The first-order chi connectivity index (χ1) is 9.66. The fourth-order valence-corrected chi connectivity index (χ4v) is 2.44. The zero-order valence-electron chi connectivity index (χ0n) is 11.5. The topological polar surface area (TPSA) is 104 Å². The fourth-order valence-electron chi connectivity index (χ4n) is 2.44. The Kier molecular flexibility index (Phi) is 4.97. The number of carbonyl (C=O) groups excluding carboxylic acids is 2. The van der Waals surface area contributed by atoms with E-state index in [1.165, 1.54) is 4.90 Å². The Labute approximate surface area is 117 Å². The largest absolute Gasteiger partial charge is 0.356 e. The highest BCUT2D eigenvalue weighted by Crippen LogP contribution is 2.16. The number of hydrogen-bond acceptors (Lipinski definition) is 3. The normalized spacial score (nSPS) is 18.8. The van der Waals surface area contributed by atoms with Crippen molar-refractivity contribution in [3.05, 3.63) is 18.2 Å². The number of nitrogens with one attached hydrogen (secondary N) is 2. The van der Waals surface area contributed by atoms with Gasteiger partial charge in [0.2, 0.25) is 5.91 Å². The van der Waals surface area contributed by atoms with Gasteiger partial charge < -0.3 is 20.9 Å². The van der Waals surface area contributed by atoms with Crippen LogP contribution >= 0.6 is 0 Å². The van der Waals surface area contributed by atoms with E-state index in [2.05, 4.69) is 15.3 Å². The third-order valence-electron chi connectivity index (χ3n) is 3.55. The molecule has 7 heteroatoms. The van der Waals surface area contributed by atoms with E-state index in [1.54, 1.807) is 12.4 Å². The summed E-state index contributed by atoms with van der Waals surface area (Å²) in [5, 5.41) is 2.91. The van der Waals surface area contributed by atoms with Crippen molar-refractivity contribution in [3.63, 3.8) is 0 Å². The number of nitrogens with two attached hydrogens (primary N) is 1. The molecule has 0 aromatic carbocycles. The molecule has 3 amide bonds. The monoisotopic (exact) mass is 279 g/mol. The summed E-state index contributed by atoms with van der Waals surface area (Å²) in [6.07, 6.45) is 6.79. The SMILES string of the molecule is NC(=O)N1CCCC(C(=O)NCCCc2ncc[nH]2)C1. The van der Waals surface area contributed by atoms with Crippen molar-refractivity contribution in [2.24, 2.45) is 11.7 Å². The number of aryl methyl sites for hydroxylation is 1. The fraction of sp³-hybridized carbons (Fsp3) is 0.615. The summed E-state index contributed by atoms with van der Waals surface area (Å²) in [6.45, 7) is 1.70. The van der Waals surface area contributed by atoms with Crippen molar-refractivity contribution in [1.29, 1.82) is 0 Å². The molecule has 1 aliphatic heterocycles. The average Bonchev–Trinajstić information content (AvgIpc) is 2.96. The molecule has 110 valence electrons. The van der Waals surface area contributed by atoms with E-state index in [4.69, 9.17) is 5.73 Å². The highest BCUT2D eigenvalue weighted by molar-refractivity contribution is 5.80. The molecule has 7 nitrogen and oxygen atoms in total. The zero-order valence-corrected chi connectivity index (χ0v) is 11.5. The van der Waals surface area contributed by atoms with Crippen LogP contribution in [-0.4, -0.2) is 46.4 Å². The lowest BCUT2D eigenvalue weighted by molar-refractivity contribution is -0.126. The van der Waals surface area contributed by atoms with E-state index in [0.29, 0.717) is 19.6 Å². The number of hydrogen-bond donors (Lipinski definition) is 3. The molecule has 2 rings (SSSR count). The number of carbonyl (C=O) groups is 2. The van der Waals surface area contributed by atoms with E-state index in [9.17, 15) is 9.59 Å². The van der Waals surface area contributed by atoms with Crippen LogP contribution in [0.25, 0.3) is 0 Å². The minimum Gasteiger partial charge on any atom is -0.356 e. The molecule has 0 radical (unpaired) electrons. The Morgan fingerprint density at radius 2 is 2.40 bits per heavy atom. The quantitative estimate of drug-likeness (QED) is 0.673. The molecule has 0 spiro atoms. The third-order valence-corrected chi connectivity index (χ3v) is 3.55. The lowest BCUT2D eigenvalue weighted by Crippen LogP contribution is -2.47. The van der Waals surface area contributed by atoms with Crippen molar-refractivity contribution in [2.45, 2.75) is 25.7 Å². The van der Waals surface area contributed by atoms with Crippen molar-refractivity contribution in [3.8, 4) is 0 Å². The van der Waals surface area contributed by atoms with Crippen molar-refractivity contribution < 1.29 is 9.59 Å². The molecule has 4 N–H and O–H groups in total. The number of rotatable bonds is 5. The van der Waals surface area contributed by atoms with Crippen LogP contribution in [-0.2, 0) is 11.2 Å². The summed E-state index contributed by atoms with van der Waals surface area (Å²) in [5.74, 6) is 0.798. The lowest BCUT2D eigenvalue weighted by atomic mass is 9.97. The van der Waals surface area contributed by atoms with E-state index in [0.717, 1.165) is 31.5 Å². The van der Waals surface area contributed by atoms with Crippen LogP contribution in [0, 0.1) is 5.92 Å². The maximum atomic E-state index is 12.0. The van der Waals surface area contributed by atoms with Crippen LogP contribution in [0.15, 0.2) is 12.4 Å². The van der Waals surface area contributed by atoms with Gasteiger partial charge in [0.25, 0.3) is 0 Å². The predicted molar refractivity (Wildman–Crippen MR) is 73.8 cm³/mol. The highest BCUT2D eigenvalue weighted by Gasteiger charge is 2.26. The van der Waals surface area contributed by atoms with Crippen molar-refractivity contribution in [1.82, 2.24) is 20.2 Å². The van der Waals surface area contributed by atoms with E-state index in [-0.39, 0.29) is 11.8 Å². The predicted octanol–water partition coefficient (Wildman–Crippen LogP) is 0.249. The van der Waals surface area contributed by atoms with Gasteiger partial charge in [0.1, 0.15) is 5.82 Å². The van der Waals surface area contributed by atoms with Crippen molar-refractivity contribution in [2.75, 3.05) is 19.6 Å². The van der Waals surface area contributed by atoms with Crippen LogP contribution in [0.2, 0.25) is 0 Å². The molecule has 0 aliphatic carbocycles. The second kappa shape index (κ2) is 6.93. The summed E-state index contributed by atoms with van der Waals surface area (Å²) in [5.41, 5.74) is 5.25. The number of aromatic nitrogens is 2. The van der Waals surface area contributed by atoms with E-state index < -0.39 is 6.03 Å². The molecule has 1 aromatic heterocycles. The average molecular weight is 279 g/mol. The van der Waals surface area contributed by atoms with Gasteiger partial charge in [-0.3, -0.25) is 4.79 Å². The summed E-state index contributed by atoms with van der Waals surface area (Å²) in [6, 6.07) is -0.444. The first-order valence-electron chi connectivity index (χ1n) is 6.97. The van der Waals surface area contributed by atoms with Gasteiger partial charge in [0, 0.05) is 38.4 Å². The number of nitrogens with zero attached hydrogens (tertiary/aromatic N) is 2. The number of piperidine rings is 1. The van der Waals surface area contributed by atoms with Gasteiger partial charge in [-0.2, -0.15) is 0 Å². The Bertz CT molecular complexity index is 446. The van der Waals surface area contributed by atoms with Gasteiger partial charge in [0.05, 0.1) is 5.92 Å². The molecule has 2 heterocycles. The number of amides is 3. The van der Waals surface area contributed by atoms with Gasteiger partial charge in [-0.1, -0.05) is 0 Å². The maximum absolute atomic E-state index is 12.0. The van der Waals surface area contributed by atoms with Gasteiger partial charge in [-0.25, -0.2) is 9.78 Å². The lowest BCUT2D eigenvalue weighted by Gasteiger charge is -2.30. The van der Waals surface area contributed by atoms with Crippen LogP contribution in [0.5, 0.6) is 0 Å². The molecule has 1 saturated heterocycles. The van der Waals surface area contributed by atoms with E-state index in [1.807, 2.05) is 0 Å². The second-order valence-corrected chi connectivity index (χ2v) is 5.05. The number of H-pyrrole nitrogens is 1. The van der Waals surface area contributed by atoms with Gasteiger partial charge in [-0.05, 0) is 19.3 Å². The smallest absolute Gasteiger partial charge is 0.314 e. The molecule has 0 bridgehead atoms. The Balaban J connectivity index is 1.67.